The van der Waals surface area contributed by atoms with Crippen LogP contribution in [0.4, 0.5) is 0 Å². The van der Waals surface area contributed by atoms with Crippen LogP contribution in [0.1, 0.15) is 102 Å². The van der Waals surface area contributed by atoms with Gasteiger partial charge in [0.2, 0.25) is 0 Å². The van der Waals surface area contributed by atoms with Gasteiger partial charge in [-0.1, -0.05) is 73.8 Å². The van der Waals surface area contributed by atoms with Crippen LogP contribution in [-0.4, -0.2) is 55.1 Å². The van der Waals surface area contributed by atoms with E-state index in [4.69, 9.17) is 0 Å². The molecule has 2 aromatic carbocycles. The molecule has 0 bridgehead atoms. The van der Waals surface area contributed by atoms with Gasteiger partial charge >= 0.3 is 0 Å². The highest BCUT2D eigenvalue weighted by molar-refractivity contribution is 6.81. The summed E-state index contributed by atoms with van der Waals surface area (Å²) in [5.41, 5.74) is 10.4. The average Bonchev–Trinajstić information content (AvgIpc) is 3.43. The van der Waals surface area contributed by atoms with Gasteiger partial charge in [0.15, 0.2) is 0 Å². The fourth-order valence-corrected chi connectivity index (χ4v) is 11.2. The molecule has 0 unspecified atom stereocenters. The lowest BCUT2D eigenvalue weighted by molar-refractivity contribution is 0.179. The van der Waals surface area contributed by atoms with Crippen LogP contribution >= 0.6 is 0 Å². The maximum absolute atomic E-state index is 2.70. The highest BCUT2D eigenvalue weighted by atomic mass is 28.3. The quantitative estimate of drug-likeness (QED) is 0.247. The van der Waals surface area contributed by atoms with Crippen molar-refractivity contribution in [3.05, 3.63) is 82.9 Å². The van der Waals surface area contributed by atoms with Crippen molar-refractivity contribution in [2.75, 3.05) is 13.1 Å². The molecule has 0 amide bonds. The Hall–Kier alpha value is -1.94. The maximum atomic E-state index is 2.70. The van der Waals surface area contributed by atoms with Gasteiger partial charge in [-0.3, -0.25) is 9.80 Å². The predicted octanol–water partition coefficient (Wildman–Crippen LogP) is 9.15. The molecule has 0 N–H and O–H groups in total. The summed E-state index contributed by atoms with van der Waals surface area (Å²) in [6, 6.07) is 20.9. The first-order chi connectivity index (χ1) is 18.4. The molecule has 0 heterocycles. The molecule has 2 aromatic rings. The van der Waals surface area contributed by atoms with Crippen molar-refractivity contribution in [3.63, 3.8) is 0 Å². The van der Waals surface area contributed by atoms with Crippen molar-refractivity contribution in [1.29, 1.82) is 0 Å². The van der Waals surface area contributed by atoms with E-state index in [-0.39, 0.29) is 0 Å². The molecule has 0 saturated heterocycles. The minimum absolute atomic E-state index is 0.548. The fourth-order valence-electron chi connectivity index (χ4n) is 7.47. The predicted molar refractivity (Wildman–Crippen MR) is 175 cm³/mol. The molecule has 0 aromatic heterocycles. The fraction of sp³-hybridized carbons (Fsp3) is 0.556. The molecule has 39 heavy (non-hydrogen) atoms. The van der Waals surface area contributed by atoms with E-state index in [9.17, 15) is 0 Å². The van der Waals surface area contributed by atoms with E-state index in [1.54, 1.807) is 22.3 Å². The second kappa shape index (κ2) is 12.3. The molecule has 212 valence electrons. The second-order valence-electron chi connectivity index (χ2n) is 13.7. The van der Waals surface area contributed by atoms with E-state index in [1.807, 2.05) is 0 Å². The molecule has 3 heteroatoms. The molecule has 2 atom stereocenters. The van der Waals surface area contributed by atoms with Crippen molar-refractivity contribution < 1.29 is 0 Å². The van der Waals surface area contributed by atoms with Gasteiger partial charge in [0.1, 0.15) is 0 Å². The first kappa shape index (κ1) is 30.0. The summed E-state index contributed by atoms with van der Waals surface area (Å²) >= 11 is 0. The lowest BCUT2D eigenvalue weighted by atomic mass is 10.0. The van der Waals surface area contributed by atoms with Crippen LogP contribution in [0, 0.1) is 0 Å². The third-order valence-corrected chi connectivity index (χ3v) is 13.7. The molecule has 4 rings (SSSR count). The number of hydrogen-bond donors (Lipinski definition) is 0. The Balaban J connectivity index is 1.64. The van der Waals surface area contributed by atoms with E-state index in [0.717, 1.165) is 25.9 Å². The SMILES string of the molecule is CC(C)N(CCC1=C[C@@H]([Si](C)(C)[C@H]2C=C(CCN(C(C)C)C(C)C)c3ccccc32)c2ccccc21)C(C)C. The summed E-state index contributed by atoms with van der Waals surface area (Å²) in [7, 11) is -1.80. The van der Waals surface area contributed by atoms with Gasteiger partial charge in [0, 0.05) is 37.3 Å². The Kier molecular flexibility index (Phi) is 9.46. The highest BCUT2D eigenvalue weighted by Gasteiger charge is 2.44. The monoisotopic (exact) mass is 542 g/mol. The lowest BCUT2D eigenvalue weighted by Crippen LogP contribution is -2.40. The van der Waals surface area contributed by atoms with Gasteiger partial charge in [-0.05, 0) is 113 Å². The van der Waals surface area contributed by atoms with E-state index in [1.165, 1.54) is 11.1 Å². The summed E-state index contributed by atoms with van der Waals surface area (Å²) in [4.78, 5) is 5.28. The molecule has 0 fully saturated rings. The number of allylic oxidation sites excluding steroid dienone is 2. The molecular formula is C36H54N2Si. The number of nitrogens with zero attached hydrogens (tertiary/aromatic N) is 2. The first-order valence-electron chi connectivity index (χ1n) is 15.5. The Bertz CT molecular complexity index is 1080. The summed E-state index contributed by atoms with van der Waals surface area (Å²) < 4.78 is 0. The van der Waals surface area contributed by atoms with Crippen molar-refractivity contribution in [1.82, 2.24) is 9.80 Å². The number of rotatable bonds is 12. The van der Waals surface area contributed by atoms with Gasteiger partial charge in [0.25, 0.3) is 0 Å². The molecule has 0 aliphatic heterocycles. The van der Waals surface area contributed by atoms with Crippen LogP contribution in [0.3, 0.4) is 0 Å². The third kappa shape index (κ3) is 6.21. The summed E-state index contributed by atoms with van der Waals surface area (Å²) in [6.45, 7) is 26.2. The summed E-state index contributed by atoms with van der Waals surface area (Å²) in [5.74, 6) is 0. The number of benzene rings is 2. The van der Waals surface area contributed by atoms with E-state index >= 15 is 0 Å². The van der Waals surface area contributed by atoms with Crippen LogP contribution in [0.2, 0.25) is 13.1 Å². The van der Waals surface area contributed by atoms with Crippen LogP contribution in [-0.2, 0) is 0 Å². The summed E-state index contributed by atoms with van der Waals surface area (Å²) in [6.07, 6.45) is 7.67. The van der Waals surface area contributed by atoms with Crippen molar-refractivity contribution >= 4 is 19.2 Å². The number of fused-ring (bicyclic) bond motifs is 2. The Morgan fingerprint density at radius 3 is 1.23 bits per heavy atom. The number of hydrogen-bond acceptors (Lipinski definition) is 2. The maximum Gasteiger partial charge on any atom is 0.0715 e. The van der Waals surface area contributed by atoms with Gasteiger partial charge in [-0.2, -0.15) is 0 Å². The van der Waals surface area contributed by atoms with E-state index in [2.05, 4.69) is 139 Å². The van der Waals surface area contributed by atoms with Gasteiger partial charge in [-0.15, -0.1) is 0 Å². The lowest BCUT2D eigenvalue weighted by Gasteiger charge is -2.35. The zero-order chi connectivity index (χ0) is 28.5. The van der Waals surface area contributed by atoms with Crippen LogP contribution < -0.4 is 0 Å². The zero-order valence-corrected chi connectivity index (χ0v) is 27.5. The van der Waals surface area contributed by atoms with Crippen LogP contribution in [0.25, 0.3) is 11.1 Å². The van der Waals surface area contributed by atoms with Crippen molar-refractivity contribution in [2.45, 2.75) is 117 Å². The molecule has 0 radical (unpaired) electrons. The largest absolute Gasteiger partial charge is 0.298 e. The second-order valence-corrected chi connectivity index (χ2v) is 18.6. The standard InChI is InChI=1S/C36H54N2Si/c1-25(2)37(26(3)4)21-19-29-23-35(33-17-13-11-15-31(29)33)39(9,10)36-24-30(32-16-12-14-18-34(32)36)20-22-38(27(5)6)28(7)8/h11-18,23-28,35-36H,19-22H2,1-10H3/t35-,36+. The Morgan fingerprint density at radius 1 is 0.564 bits per heavy atom. The average molecular weight is 543 g/mol. The Morgan fingerprint density at radius 2 is 0.897 bits per heavy atom. The Labute approximate surface area is 241 Å². The van der Waals surface area contributed by atoms with Gasteiger partial charge in [-0.25, -0.2) is 0 Å². The van der Waals surface area contributed by atoms with E-state index in [0.29, 0.717) is 35.2 Å². The van der Waals surface area contributed by atoms with Crippen LogP contribution in [0.5, 0.6) is 0 Å². The molecule has 2 aliphatic carbocycles. The molecule has 2 aliphatic rings. The van der Waals surface area contributed by atoms with Crippen LogP contribution in [0.15, 0.2) is 60.7 Å². The minimum atomic E-state index is -1.80. The highest BCUT2D eigenvalue weighted by Crippen LogP contribution is 2.51. The summed E-state index contributed by atoms with van der Waals surface area (Å²) in [5, 5.41) is 0. The molecule has 0 spiro atoms. The molecular weight excluding hydrogens is 488 g/mol. The third-order valence-electron chi connectivity index (χ3n) is 9.55. The van der Waals surface area contributed by atoms with Crippen molar-refractivity contribution in [3.8, 4) is 0 Å². The van der Waals surface area contributed by atoms with Gasteiger partial charge < -0.3 is 0 Å². The first-order valence-corrected chi connectivity index (χ1v) is 18.7. The molecule has 2 nitrogen and oxygen atoms in total. The molecule has 0 saturated carbocycles. The van der Waals surface area contributed by atoms with E-state index < -0.39 is 8.07 Å². The van der Waals surface area contributed by atoms with Crippen molar-refractivity contribution in [2.24, 2.45) is 0 Å². The zero-order valence-electron chi connectivity index (χ0n) is 26.5. The topological polar surface area (TPSA) is 6.48 Å². The van der Waals surface area contributed by atoms with Gasteiger partial charge in [0.05, 0.1) is 8.07 Å². The smallest absolute Gasteiger partial charge is 0.0715 e. The minimum Gasteiger partial charge on any atom is -0.298 e. The normalized spacial score (nSPS) is 19.1.